The van der Waals surface area contributed by atoms with Gasteiger partial charge in [0.15, 0.2) is 0 Å². The lowest BCUT2D eigenvalue weighted by atomic mass is 9.93. The zero-order valence-corrected chi connectivity index (χ0v) is 18.7. The average molecular weight is 424 g/mol. The molecular weight excluding hydrogens is 394 g/mol. The highest BCUT2D eigenvalue weighted by Gasteiger charge is 2.28. The predicted octanol–water partition coefficient (Wildman–Crippen LogP) is 5.12. The van der Waals surface area contributed by atoms with Crippen molar-refractivity contribution < 1.29 is 23.8 Å². The largest absolute Gasteiger partial charge is 0.490 e. The molecule has 0 aliphatic carbocycles. The van der Waals surface area contributed by atoms with E-state index in [9.17, 15) is 9.59 Å². The fraction of sp³-hybridized carbons (Fsp3) is 0.360. The Kier molecular flexibility index (Phi) is 6.68. The number of aryl methyl sites for hydroxylation is 1. The van der Waals surface area contributed by atoms with E-state index in [0.29, 0.717) is 31.2 Å². The number of rotatable bonds is 4. The van der Waals surface area contributed by atoms with Gasteiger partial charge in [-0.25, -0.2) is 9.59 Å². The first-order valence-corrected chi connectivity index (χ1v) is 10.4. The van der Waals surface area contributed by atoms with Gasteiger partial charge in [0.1, 0.15) is 18.0 Å². The van der Waals surface area contributed by atoms with E-state index in [1.807, 2.05) is 70.2 Å². The molecule has 0 radical (unpaired) electrons. The van der Waals surface area contributed by atoms with Gasteiger partial charge in [-0.1, -0.05) is 30.3 Å². The summed E-state index contributed by atoms with van der Waals surface area (Å²) >= 11 is 0. The Hall–Kier alpha value is -3.28. The summed E-state index contributed by atoms with van der Waals surface area (Å²) in [6.07, 6.45) is 1.09. The molecule has 164 valence electrons. The molecule has 1 heterocycles. The summed E-state index contributed by atoms with van der Waals surface area (Å²) in [7, 11) is 0. The molecule has 0 fully saturated rings. The number of fused-ring (bicyclic) bond motifs is 1. The number of benzene rings is 2. The second-order valence-corrected chi connectivity index (χ2v) is 8.29. The van der Waals surface area contributed by atoms with Crippen molar-refractivity contribution in [2.45, 2.75) is 40.2 Å². The lowest BCUT2D eigenvalue weighted by Gasteiger charge is -2.32. The zero-order chi connectivity index (χ0) is 22.6. The molecule has 0 spiro atoms. The summed E-state index contributed by atoms with van der Waals surface area (Å²) < 4.78 is 16.5. The molecule has 0 N–H and O–H groups in total. The third-order valence-corrected chi connectivity index (χ3v) is 4.73. The van der Waals surface area contributed by atoms with Crippen molar-refractivity contribution in [3.8, 4) is 5.75 Å². The van der Waals surface area contributed by atoms with E-state index in [1.54, 1.807) is 11.8 Å². The van der Waals surface area contributed by atoms with E-state index < -0.39 is 17.7 Å². The first-order valence-electron chi connectivity index (χ1n) is 10.4. The molecule has 1 aliphatic heterocycles. The summed E-state index contributed by atoms with van der Waals surface area (Å²) in [5.41, 5.74) is 3.55. The van der Waals surface area contributed by atoms with E-state index in [0.717, 1.165) is 22.3 Å². The van der Waals surface area contributed by atoms with E-state index in [1.165, 1.54) is 6.08 Å². The van der Waals surface area contributed by atoms with Crippen molar-refractivity contribution in [3.63, 3.8) is 0 Å². The topological polar surface area (TPSA) is 65.1 Å². The van der Waals surface area contributed by atoms with Gasteiger partial charge in [0, 0.05) is 6.08 Å². The fourth-order valence-electron chi connectivity index (χ4n) is 3.39. The lowest BCUT2D eigenvalue weighted by Crippen LogP contribution is -2.41. The van der Waals surface area contributed by atoms with Gasteiger partial charge in [-0.15, -0.1) is 0 Å². The maximum Gasteiger partial charge on any atom is 0.415 e. The summed E-state index contributed by atoms with van der Waals surface area (Å²) in [6.45, 7) is 10.3. The molecule has 0 saturated heterocycles. The molecule has 6 heteroatoms. The molecule has 2 aromatic carbocycles. The van der Waals surface area contributed by atoms with Crippen LogP contribution in [0.2, 0.25) is 0 Å². The summed E-state index contributed by atoms with van der Waals surface area (Å²) in [6, 6.07) is 13.4. The summed E-state index contributed by atoms with van der Waals surface area (Å²) in [5, 5.41) is 0. The maximum atomic E-state index is 12.7. The van der Waals surface area contributed by atoms with Gasteiger partial charge in [-0.05, 0) is 69.0 Å². The van der Waals surface area contributed by atoms with Crippen molar-refractivity contribution in [2.24, 2.45) is 0 Å². The molecule has 3 rings (SSSR count). The second-order valence-electron chi connectivity index (χ2n) is 8.29. The number of esters is 1. The molecule has 0 bridgehead atoms. The standard InChI is InChI=1S/C25H29NO5/c1-6-29-23(27)16-20(19-10-8-7-9-17(19)2)18-11-12-21-22(15-18)30-14-13-26(21)24(28)31-25(3,4)5/h7-12,15-16H,6,13-14H2,1-5H3. The summed E-state index contributed by atoms with van der Waals surface area (Å²) in [4.78, 5) is 26.5. The van der Waals surface area contributed by atoms with Crippen LogP contribution in [0.3, 0.4) is 0 Å². The third-order valence-electron chi connectivity index (χ3n) is 4.73. The molecule has 0 aromatic heterocycles. The van der Waals surface area contributed by atoms with Crippen LogP contribution in [0.4, 0.5) is 10.5 Å². The van der Waals surface area contributed by atoms with Crippen LogP contribution < -0.4 is 9.64 Å². The third kappa shape index (κ3) is 5.45. The minimum Gasteiger partial charge on any atom is -0.490 e. The van der Waals surface area contributed by atoms with Crippen LogP contribution in [-0.2, 0) is 14.3 Å². The molecule has 31 heavy (non-hydrogen) atoms. The highest BCUT2D eigenvalue weighted by Crippen LogP contribution is 2.37. The van der Waals surface area contributed by atoms with Crippen LogP contribution >= 0.6 is 0 Å². The molecule has 6 nitrogen and oxygen atoms in total. The van der Waals surface area contributed by atoms with E-state index >= 15 is 0 Å². The highest BCUT2D eigenvalue weighted by molar-refractivity contribution is 5.98. The minimum absolute atomic E-state index is 0.300. The number of nitrogens with zero attached hydrogens (tertiary/aromatic N) is 1. The molecule has 2 aromatic rings. The minimum atomic E-state index is -0.587. The molecule has 0 atom stereocenters. The Bertz CT molecular complexity index is 1000. The Morgan fingerprint density at radius 1 is 1.16 bits per heavy atom. The van der Waals surface area contributed by atoms with Crippen LogP contribution in [0.1, 0.15) is 44.4 Å². The number of anilines is 1. The van der Waals surface area contributed by atoms with Crippen molar-refractivity contribution in [1.82, 2.24) is 0 Å². The summed E-state index contributed by atoms with van der Waals surface area (Å²) in [5.74, 6) is 0.160. The Balaban J connectivity index is 2.02. The fourth-order valence-corrected chi connectivity index (χ4v) is 3.39. The number of amides is 1. The molecule has 1 amide bonds. The van der Waals surface area contributed by atoms with Gasteiger partial charge in [0.2, 0.25) is 0 Å². The Morgan fingerprint density at radius 2 is 1.90 bits per heavy atom. The van der Waals surface area contributed by atoms with E-state index in [-0.39, 0.29) is 0 Å². The average Bonchev–Trinajstić information content (AvgIpc) is 2.71. The van der Waals surface area contributed by atoms with Gasteiger partial charge in [0.25, 0.3) is 0 Å². The van der Waals surface area contributed by atoms with Crippen molar-refractivity contribution in [2.75, 3.05) is 24.7 Å². The molecule has 1 aliphatic rings. The van der Waals surface area contributed by atoms with Crippen LogP contribution in [0.5, 0.6) is 5.75 Å². The van der Waals surface area contributed by atoms with Gasteiger partial charge in [-0.3, -0.25) is 4.90 Å². The van der Waals surface area contributed by atoms with E-state index in [4.69, 9.17) is 14.2 Å². The SMILES string of the molecule is CCOC(=O)C=C(c1ccc2c(c1)OCCN2C(=O)OC(C)(C)C)c1ccccc1C. The van der Waals surface area contributed by atoms with E-state index in [2.05, 4.69) is 0 Å². The monoisotopic (exact) mass is 423 g/mol. The molecule has 0 saturated carbocycles. The number of carbonyl (C=O) groups excluding carboxylic acids is 2. The second kappa shape index (κ2) is 9.25. The van der Waals surface area contributed by atoms with Gasteiger partial charge >= 0.3 is 12.1 Å². The first-order chi connectivity index (χ1) is 14.7. The highest BCUT2D eigenvalue weighted by atomic mass is 16.6. The van der Waals surface area contributed by atoms with Crippen molar-refractivity contribution in [1.29, 1.82) is 0 Å². The lowest BCUT2D eigenvalue weighted by molar-refractivity contribution is -0.137. The predicted molar refractivity (Wildman–Crippen MR) is 120 cm³/mol. The van der Waals surface area contributed by atoms with Crippen molar-refractivity contribution >= 4 is 23.3 Å². The van der Waals surface area contributed by atoms with Gasteiger partial charge in [-0.2, -0.15) is 0 Å². The molecular formula is C25H29NO5. The quantitative estimate of drug-likeness (QED) is 0.504. The first kappa shape index (κ1) is 22.4. The normalized spacial score (nSPS) is 13.8. The number of hydrogen-bond donors (Lipinski definition) is 0. The zero-order valence-electron chi connectivity index (χ0n) is 18.7. The smallest absolute Gasteiger partial charge is 0.415 e. The van der Waals surface area contributed by atoms with Gasteiger partial charge < -0.3 is 14.2 Å². The Morgan fingerprint density at radius 3 is 2.58 bits per heavy atom. The Labute approximate surface area is 183 Å². The van der Waals surface area contributed by atoms with Crippen LogP contribution in [0.25, 0.3) is 5.57 Å². The number of carbonyl (C=O) groups is 2. The number of hydrogen-bond acceptors (Lipinski definition) is 5. The van der Waals surface area contributed by atoms with Crippen LogP contribution in [0, 0.1) is 6.92 Å². The van der Waals surface area contributed by atoms with Crippen molar-refractivity contribution in [3.05, 3.63) is 65.2 Å². The van der Waals surface area contributed by atoms with Gasteiger partial charge in [0.05, 0.1) is 18.8 Å². The van der Waals surface area contributed by atoms with Crippen LogP contribution in [-0.4, -0.2) is 37.4 Å². The number of ether oxygens (including phenoxy) is 3. The maximum absolute atomic E-state index is 12.7. The van der Waals surface area contributed by atoms with Crippen LogP contribution in [0.15, 0.2) is 48.5 Å². The molecule has 0 unspecified atom stereocenters.